The Bertz CT molecular complexity index is 704. The molecule has 0 bridgehead atoms. The molecule has 166 valence electrons. The second kappa shape index (κ2) is 13.5. The number of anilines is 1. The summed E-state index contributed by atoms with van der Waals surface area (Å²) in [5.74, 6) is -1.92. The smallest absolute Gasteiger partial charge is 0.328 e. The molecule has 0 aliphatic carbocycles. The average Bonchev–Trinajstić information content (AvgIpc) is 2.69. The highest BCUT2D eigenvalue weighted by molar-refractivity contribution is 5.93. The zero-order valence-electron chi connectivity index (χ0n) is 17.9. The number of benzene rings is 1. The number of aliphatic carboxylic acids is 1. The summed E-state index contributed by atoms with van der Waals surface area (Å²) in [5.41, 5.74) is 0.821. The molecule has 0 aliphatic rings. The summed E-state index contributed by atoms with van der Waals surface area (Å²) in [6.45, 7) is 2.06. The zero-order chi connectivity index (χ0) is 22.4. The largest absolute Gasteiger partial charge is 0.478 e. The Morgan fingerprint density at radius 1 is 0.967 bits per heavy atom. The van der Waals surface area contributed by atoms with E-state index in [1.807, 2.05) is 30.3 Å². The van der Waals surface area contributed by atoms with E-state index in [1.54, 1.807) is 0 Å². The van der Waals surface area contributed by atoms with Crippen LogP contribution in [0.4, 0.5) is 5.69 Å². The zero-order valence-corrected chi connectivity index (χ0v) is 17.9. The van der Waals surface area contributed by atoms with Gasteiger partial charge >= 0.3 is 5.97 Å². The third kappa shape index (κ3) is 12.0. The molecule has 0 saturated carbocycles. The molecule has 1 aromatic rings. The maximum absolute atomic E-state index is 11.9. The number of nitrogens with zero attached hydrogens (tertiary/aromatic N) is 2. The summed E-state index contributed by atoms with van der Waals surface area (Å²) in [6.07, 6.45) is 6.38. The van der Waals surface area contributed by atoms with Gasteiger partial charge in [0.05, 0.1) is 27.2 Å². The van der Waals surface area contributed by atoms with Crippen molar-refractivity contribution >= 4 is 23.5 Å². The lowest BCUT2D eigenvalue weighted by Gasteiger charge is -2.30. The lowest BCUT2D eigenvalue weighted by molar-refractivity contribution is -0.890. The number of rotatable bonds is 14. The predicted molar refractivity (Wildman–Crippen MR) is 115 cm³/mol. The molecule has 0 fully saturated rings. The van der Waals surface area contributed by atoms with Gasteiger partial charge in [0.2, 0.25) is 5.91 Å². The molecule has 0 spiro atoms. The summed E-state index contributed by atoms with van der Waals surface area (Å²) in [4.78, 5) is 33.8. The van der Waals surface area contributed by atoms with Crippen LogP contribution in [0.1, 0.15) is 38.5 Å². The number of nitrogens with one attached hydrogen (secondary N) is 1. The van der Waals surface area contributed by atoms with Gasteiger partial charge in [-0.3, -0.25) is 14.8 Å². The fraction of sp³-hybridized carbons (Fsp3) is 0.500. The van der Waals surface area contributed by atoms with E-state index < -0.39 is 11.9 Å². The van der Waals surface area contributed by atoms with Crippen molar-refractivity contribution in [1.29, 1.82) is 0 Å². The van der Waals surface area contributed by atoms with Crippen molar-refractivity contribution in [2.24, 2.45) is 0 Å². The van der Waals surface area contributed by atoms with E-state index in [4.69, 9.17) is 5.11 Å². The molecule has 8 heteroatoms. The number of carbonyl (C=O) groups excluding carboxylic acids is 2. The monoisotopic (exact) mass is 420 g/mol. The highest BCUT2D eigenvalue weighted by Gasteiger charge is 2.15. The summed E-state index contributed by atoms with van der Waals surface area (Å²) >= 11 is 0. The molecule has 0 aromatic heterocycles. The number of carbonyl (C=O) groups is 3. The minimum absolute atomic E-state index is 0.0382. The number of hydroxylamine groups is 2. The van der Waals surface area contributed by atoms with E-state index >= 15 is 0 Å². The average molecular weight is 421 g/mol. The van der Waals surface area contributed by atoms with Gasteiger partial charge < -0.3 is 14.9 Å². The molecule has 0 unspecified atom stereocenters. The van der Waals surface area contributed by atoms with Crippen molar-refractivity contribution in [2.45, 2.75) is 38.5 Å². The standard InChI is InChI=1S/C22H33N3O5/c1-25(2,18-10-8-16-24(30)21(27)14-15-22(28)29)17-9-4-7-13-20(26)23-19-11-5-3-6-12-19/h3,5-6,11-12,14-15,30H,4,7-10,13,16-18H2,1-2H3,(H-,23,26,28,29)/p+1. The van der Waals surface area contributed by atoms with Crippen molar-refractivity contribution in [3.63, 3.8) is 0 Å². The Kier molecular flexibility index (Phi) is 11.4. The number of carboxylic acids is 1. The molecule has 0 aliphatic heterocycles. The summed E-state index contributed by atoms with van der Waals surface area (Å²) < 4.78 is 0.828. The Hall–Kier alpha value is -2.71. The normalized spacial score (nSPS) is 11.4. The maximum Gasteiger partial charge on any atom is 0.328 e. The molecule has 0 radical (unpaired) electrons. The second-order valence-electron chi connectivity index (χ2n) is 7.95. The van der Waals surface area contributed by atoms with Crippen LogP contribution in [-0.2, 0) is 14.4 Å². The molecule has 1 rings (SSSR count). The van der Waals surface area contributed by atoms with Gasteiger partial charge in [-0.1, -0.05) is 18.2 Å². The van der Waals surface area contributed by atoms with Crippen molar-refractivity contribution in [1.82, 2.24) is 5.06 Å². The SMILES string of the molecule is C[N+](C)(CCCCCC(=O)Nc1ccccc1)CCCCN(O)C(=O)C=CC(=O)O. The summed E-state index contributed by atoms with van der Waals surface area (Å²) in [6, 6.07) is 9.44. The summed E-state index contributed by atoms with van der Waals surface area (Å²) in [7, 11) is 4.28. The molecule has 0 saturated heterocycles. The van der Waals surface area contributed by atoms with Gasteiger partial charge in [-0.05, 0) is 44.2 Å². The first-order valence-electron chi connectivity index (χ1n) is 10.3. The van der Waals surface area contributed by atoms with E-state index in [1.165, 1.54) is 0 Å². The van der Waals surface area contributed by atoms with Crippen molar-refractivity contribution in [3.8, 4) is 0 Å². The van der Waals surface area contributed by atoms with Crippen molar-refractivity contribution < 1.29 is 29.2 Å². The van der Waals surface area contributed by atoms with Gasteiger partial charge in [-0.2, -0.15) is 0 Å². The van der Waals surface area contributed by atoms with Crippen LogP contribution in [0.2, 0.25) is 0 Å². The molecule has 8 nitrogen and oxygen atoms in total. The minimum Gasteiger partial charge on any atom is -0.478 e. The minimum atomic E-state index is -1.23. The Morgan fingerprint density at radius 2 is 1.60 bits per heavy atom. The lowest BCUT2D eigenvalue weighted by atomic mass is 10.1. The Morgan fingerprint density at radius 3 is 2.23 bits per heavy atom. The molecule has 0 atom stereocenters. The second-order valence-corrected chi connectivity index (χ2v) is 7.95. The molecular formula is C22H34N3O5+. The number of hydrogen-bond acceptors (Lipinski definition) is 4. The molecule has 30 heavy (non-hydrogen) atoms. The van der Waals surface area contributed by atoms with E-state index in [-0.39, 0.29) is 12.5 Å². The molecule has 2 amide bonds. The van der Waals surface area contributed by atoms with Crippen LogP contribution in [0.5, 0.6) is 0 Å². The van der Waals surface area contributed by atoms with Gasteiger partial charge in [-0.15, -0.1) is 0 Å². The number of hydrogen-bond donors (Lipinski definition) is 3. The number of carboxylic acid groups (broad SMARTS) is 1. The predicted octanol–water partition coefficient (Wildman–Crippen LogP) is 2.90. The third-order valence-corrected chi connectivity index (χ3v) is 4.73. The van der Waals surface area contributed by atoms with Crippen LogP contribution in [0.15, 0.2) is 42.5 Å². The topological polar surface area (TPSA) is 107 Å². The number of unbranched alkanes of at least 4 members (excludes halogenated alkanes) is 3. The van der Waals surface area contributed by atoms with E-state index in [2.05, 4.69) is 19.4 Å². The van der Waals surface area contributed by atoms with E-state index in [9.17, 15) is 19.6 Å². The first-order chi connectivity index (χ1) is 14.2. The van der Waals surface area contributed by atoms with Crippen LogP contribution in [0, 0.1) is 0 Å². The maximum atomic E-state index is 11.9. The van der Waals surface area contributed by atoms with Crippen LogP contribution in [0.3, 0.4) is 0 Å². The van der Waals surface area contributed by atoms with Crippen molar-refractivity contribution in [2.75, 3.05) is 39.0 Å². The van der Waals surface area contributed by atoms with Gasteiger partial charge in [0.25, 0.3) is 5.91 Å². The van der Waals surface area contributed by atoms with Crippen LogP contribution in [-0.4, -0.2) is 71.4 Å². The van der Waals surface area contributed by atoms with E-state index in [0.29, 0.717) is 24.0 Å². The van der Waals surface area contributed by atoms with Crippen LogP contribution < -0.4 is 5.32 Å². The number of quaternary nitrogens is 1. The van der Waals surface area contributed by atoms with Gasteiger partial charge in [0.1, 0.15) is 0 Å². The molecule has 1 aromatic carbocycles. The number of amides is 2. The fourth-order valence-corrected chi connectivity index (χ4v) is 3.00. The van der Waals surface area contributed by atoms with E-state index in [0.717, 1.165) is 55.0 Å². The highest BCUT2D eigenvalue weighted by atomic mass is 16.5. The summed E-state index contributed by atoms with van der Waals surface area (Å²) in [5, 5.41) is 21.5. The first kappa shape index (κ1) is 25.3. The third-order valence-electron chi connectivity index (χ3n) is 4.73. The Balaban J connectivity index is 2.12. The lowest BCUT2D eigenvalue weighted by Crippen LogP contribution is -2.41. The van der Waals surface area contributed by atoms with Gasteiger partial charge in [-0.25, -0.2) is 9.86 Å². The molecule has 3 N–H and O–H groups in total. The first-order valence-corrected chi connectivity index (χ1v) is 10.3. The highest BCUT2D eigenvalue weighted by Crippen LogP contribution is 2.10. The number of para-hydroxylation sites is 1. The van der Waals surface area contributed by atoms with Crippen molar-refractivity contribution in [3.05, 3.63) is 42.5 Å². The molecular weight excluding hydrogens is 386 g/mol. The van der Waals surface area contributed by atoms with Crippen LogP contribution in [0.25, 0.3) is 0 Å². The van der Waals surface area contributed by atoms with Crippen LogP contribution >= 0.6 is 0 Å². The fourth-order valence-electron chi connectivity index (χ4n) is 3.00. The van der Waals surface area contributed by atoms with Gasteiger partial charge in [0, 0.05) is 30.8 Å². The Labute approximate surface area is 178 Å². The van der Waals surface area contributed by atoms with Gasteiger partial charge in [0.15, 0.2) is 0 Å². The quantitative estimate of drug-likeness (QED) is 0.141. The molecule has 0 heterocycles.